The number of hydrogen-bond donors (Lipinski definition) is 3. The highest BCUT2D eigenvalue weighted by Crippen LogP contribution is 2.32. The third kappa shape index (κ3) is 3.08. The van der Waals surface area contributed by atoms with Crippen LogP contribution in [0.15, 0.2) is 18.2 Å². The zero-order valence-corrected chi connectivity index (χ0v) is 10.1. The van der Waals surface area contributed by atoms with Gasteiger partial charge in [0.15, 0.2) is 5.60 Å². The molecule has 0 amide bonds. The quantitative estimate of drug-likeness (QED) is 0.554. The van der Waals surface area contributed by atoms with Crippen molar-refractivity contribution in [3.63, 3.8) is 0 Å². The van der Waals surface area contributed by atoms with Gasteiger partial charge in [0.1, 0.15) is 5.69 Å². The molecule has 0 aliphatic heterocycles. The van der Waals surface area contributed by atoms with Crippen molar-refractivity contribution in [2.75, 3.05) is 11.9 Å². The second-order valence-corrected chi connectivity index (χ2v) is 4.23. The lowest BCUT2D eigenvalue weighted by Crippen LogP contribution is -2.41. The minimum absolute atomic E-state index is 0.0225. The van der Waals surface area contributed by atoms with E-state index in [1.54, 1.807) is 0 Å². The maximum Gasteiger partial charge on any atom is 0.337 e. The van der Waals surface area contributed by atoms with Gasteiger partial charge < -0.3 is 15.5 Å². The summed E-state index contributed by atoms with van der Waals surface area (Å²) in [6, 6.07) is 4.05. The molecule has 1 aromatic rings. The van der Waals surface area contributed by atoms with Gasteiger partial charge in [-0.2, -0.15) is 0 Å². The normalized spacial score (nSPS) is 13.7. The maximum absolute atomic E-state index is 10.8. The number of aliphatic carboxylic acids is 1. The number of carbonyl (C=O) groups is 1. The average Bonchev–Trinajstić information content (AvgIpc) is 2.26. The Morgan fingerprint density at radius 1 is 1.61 bits per heavy atom. The minimum atomic E-state index is -2.05. The van der Waals surface area contributed by atoms with E-state index in [-0.39, 0.29) is 16.4 Å². The predicted octanol–water partition coefficient (Wildman–Crippen LogP) is 1.50. The van der Waals surface area contributed by atoms with Crippen molar-refractivity contribution < 1.29 is 19.9 Å². The summed E-state index contributed by atoms with van der Waals surface area (Å²) in [7, 11) is 0. The molecule has 3 N–H and O–H groups in total. The SMILES string of the molecule is CC(O)(CNc1c(Cl)cccc1[N+](=O)[O-])C(=O)O. The molecule has 0 spiro atoms. The first-order valence-corrected chi connectivity index (χ1v) is 5.26. The standard InChI is InChI=1S/C10H11ClN2O5/c1-10(16,9(14)15)5-12-8-6(11)3-2-4-7(8)13(17)18/h2-4,12,16H,5H2,1H3,(H,14,15). The molecule has 1 atom stereocenters. The van der Waals surface area contributed by atoms with Gasteiger partial charge in [-0.25, -0.2) is 4.79 Å². The number of nitro benzene ring substituents is 1. The Bertz CT molecular complexity index is 489. The van der Waals surface area contributed by atoms with E-state index in [4.69, 9.17) is 16.7 Å². The van der Waals surface area contributed by atoms with Crippen molar-refractivity contribution >= 4 is 28.9 Å². The number of hydrogen-bond acceptors (Lipinski definition) is 5. The molecule has 98 valence electrons. The number of nitrogens with zero attached hydrogens (tertiary/aromatic N) is 1. The Hall–Kier alpha value is -1.86. The largest absolute Gasteiger partial charge is 0.479 e. The number of aliphatic hydroxyl groups is 1. The molecule has 0 aliphatic rings. The average molecular weight is 275 g/mol. The minimum Gasteiger partial charge on any atom is -0.479 e. The molecular weight excluding hydrogens is 264 g/mol. The van der Waals surface area contributed by atoms with E-state index in [2.05, 4.69) is 5.32 Å². The van der Waals surface area contributed by atoms with Crippen molar-refractivity contribution in [1.82, 2.24) is 0 Å². The van der Waals surface area contributed by atoms with Crippen molar-refractivity contribution in [3.05, 3.63) is 33.3 Å². The summed E-state index contributed by atoms with van der Waals surface area (Å²) in [5.41, 5.74) is -2.36. The summed E-state index contributed by atoms with van der Waals surface area (Å²) in [5.74, 6) is -1.44. The summed E-state index contributed by atoms with van der Waals surface area (Å²) in [6.45, 7) is 0.665. The van der Waals surface area contributed by atoms with Gasteiger partial charge in [-0.15, -0.1) is 0 Å². The van der Waals surface area contributed by atoms with Crippen LogP contribution in [0.1, 0.15) is 6.92 Å². The van der Waals surface area contributed by atoms with E-state index in [0.717, 1.165) is 6.92 Å². The van der Waals surface area contributed by atoms with E-state index in [1.807, 2.05) is 0 Å². The number of rotatable bonds is 5. The number of benzene rings is 1. The molecule has 0 saturated carbocycles. The first kappa shape index (κ1) is 14.2. The Kier molecular flexibility index (Phi) is 4.10. The van der Waals surface area contributed by atoms with Gasteiger partial charge in [0.05, 0.1) is 16.5 Å². The van der Waals surface area contributed by atoms with Crippen molar-refractivity contribution in [2.45, 2.75) is 12.5 Å². The second-order valence-electron chi connectivity index (χ2n) is 3.82. The molecule has 0 heterocycles. The molecule has 1 rings (SSSR count). The van der Waals surface area contributed by atoms with Gasteiger partial charge in [0.2, 0.25) is 0 Å². The number of anilines is 1. The van der Waals surface area contributed by atoms with Crippen LogP contribution < -0.4 is 5.32 Å². The van der Waals surface area contributed by atoms with Crippen LogP contribution in [0.4, 0.5) is 11.4 Å². The maximum atomic E-state index is 10.8. The van der Waals surface area contributed by atoms with E-state index in [9.17, 15) is 20.0 Å². The van der Waals surface area contributed by atoms with Crippen LogP contribution in [0, 0.1) is 10.1 Å². The molecule has 0 aromatic heterocycles. The molecule has 0 bridgehead atoms. The number of nitrogens with one attached hydrogen (secondary N) is 1. The highest BCUT2D eigenvalue weighted by molar-refractivity contribution is 6.33. The fraction of sp³-hybridized carbons (Fsp3) is 0.300. The lowest BCUT2D eigenvalue weighted by atomic mass is 10.1. The first-order valence-electron chi connectivity index (χ1n) is 4.88. The lowest BCUT2D eigenvalue weighted by Gasteiger charge is -2.19. The fourth-order valence-electron chi connectivity index (χ4n) is 1.18. The van der Waals surface area contributed by atoms with Gasteiger partial charge in [-0.3, -0.25) is 10.1 Å². The molecular formula is C10H11ClN2O5. The van der Waals surface area contributed by atoms with Crippen molar-refractivity contribution in [1.29, 1.82) is 0 Å². The number of para-hydroxylation sites is 1. The molecule has 1 aromatic carbocycles. The van der Waals surface area contributed by atoms with Crippen LogP contribution in [0.2, 0.25) is 5.02 Å². The number of carboxylic acid groups (broad SMARTS) is 1. The number of halogens is 1. The molecule has 1 unspecified atom stereocenters. The summed E-state index contributed by atoms with van der Waals surface area (Å²) < 4.78 is 0. The van der Waals surface area contributed by atoms with Gasteiger partial charge in [0.25, 0.3) is 5.69 Å². The lowest BCUT2D eigenvalue weighted by molar-refractivity contribution is -0.384. The van der Waals surface area contributed by atoms with Crippen molar-refractivity contribution in [3.8, 4) is 0 Å². The van der Waals surface area contributed by atoms with E-state index < -0.39 is 23.0 Å². The molecule has 0 saturated heterocycles. The van der Waals surface area contributed by atoms with Crippen molar-refractivity contribution in [2.24, 2.45) is 0 Å². The Labute approximate surface area is 107 Å². The van der Waals surface area contributed by atoms with E-state index in [0.29, 0.717) is 0 Å². The molecule has 7 nitrogen and oxygen atoms in total. The zero-order chi connectivity index (χ0) is 13.9. The zero-order valence-electron chi connectivity index (χ0n) is 9.38. The van der Waals surface area contributed by atoms with Crippen LogP contribution in [-0.4, -0.2) is 33.3 Å². The molecule has 18 heavy (non-hydrogen) atoms. The van der Waals surface area contributed by atoms with Crippen LogP contribution in [0.3, 0.4) is 0 Å². The predicted molar refractivity (Wildman–Crippen MR) is 64.9 cm³/mol. The summed E-state index contributed by atoms with van der Waals surface area (Å²) in [4.78, 5) is 20.8. The Balaban J connectivity index is 2.98. The van der Waals surface area contributed by atoms with Crippen LogP contribution in [0.5, 0.6) is 0 Å². The monoisotopic (exact) mass is 274 g/mol. The fourth-order valence-corrected chi connectivity index (χ4v) is 1.41. The van der Waals surface area contributed by atoms with E-state index >= 15 is 0 Å². The summed E-state index contributed by atoms with van der Waals surface area (Å²) in [5, 5.41) is 31.5. The topological polar surface area (TPSA) is 113 Å². The number of carboxylic acids is 1. The molecule has 0 radical (unpaired) electrons. The smallest absolute Gasteiger partial charge is 0.337 e. The third-order valence-corrected chi connectivity index (χ3v) is 2.57. The van der Waals surface area contributed by atoms with Gasteiger partial charge in [-0.1, -0.05) is 17.7 Å². The van der Waals surface area contributed by atoms with Crippen LogP contribution in [0.25, 0.3) is 0 Å². The summed E-state index contributed by atoms with van der Waals surface area (Å²) in [6.07, 6.45) is 0. The van der Waals surface area contributed by atoms with E-state index in [1.165, 1.54) is 18.2 Å². The Morgan fingerprint density at radius 2 is 2.22 bits per heavy atom. The highest BCUT2D eigenvalue weighted by Gasteiger charge is 2.30. The van der Waals surface area contributed by atoms with Crippen LogP contribution in [-0.2, 0) is 4.79 Å². The van der Waals surface area contributed by atoms with Gasteiger partial charge in [0, 0.05) is 6.07 Å². The van der Waals surface area contributed by atoms with Gasteiger partial charge in [-0.05, 0) is 13.0 Å². The Morgan fingerprint density at radius 3 is 2.72 bits per heavy atom. The van der Waals surface area contributed by atoms with Crippen LogP contribution >= 0.6 is 11.6 Å². The molecule has 8 heteroatoms. The first-order chi connectivity index (χ1) is 8.25. The number of nitro groups is 1. The second kappa shape index (κ2) is 5.19. The summed E-state index contributed by atoms with van der Waals surface area (Å²) >= 11 is 5.79. The third-order valence-electron chi connectivity index (χ3n) is 2.26. The molecule has 0 aliphatic carbocycles. The van der Waals surface area contributed by atoms with Gasteiger partial charge >= 0.3 is 5.97 Å². The molecule has 0 fully saturated rings. The highest BCUT2D eigenvalue weighted by atomic mass is 35.5.